The second-order valence-corrected chi connectivity index (χ2v) is 7.02. The summed E-state index contributed by atoms with van der Waals surface area (Å²) in [4.78, 5) is 24.4. The smallest absolute Gasteiger partial charge is 0.262 e. The van der Waals surface area contributed by atoms with E-state index in [-0.39, 0.29) is 11.8 Å². The molecule has 0 saturated carbocycles. The number of rotatable bonds is 8. The minimum atomic E-state index is -2.88. The number of imidazole rings is 1. The molecule has 0 bridgehead atoms. The van der Waals surface area contributed by atoms with E-state index < -0.39 is 12.5 Å². The first-order valence-corrected chi connectivity index (χ1v) is 10.3. The molecule has 1 aliphatic heterocycles. The Morgan fingerprint density at radius 3 is 2.64 bits per heavy atom. The Morgan fingerprint density at radius 1 is 1.33 bits per heavy atom. The van der Waals surface area contributed by atoms with Gasteiger partial charge in [-0.25, -0.2) is 13.8 Å². The standard InChI is InChI=1S/C13H16F2N8O.C4H8O.C2H5NO/c1-13(14,15)6-16-10-9-11(18-7-17-9)20-12(19-10)23-5-8(21-22-23)3-4-24-2;1-2-4-5-3-1;1-3-2-4/h5,7H,3-4,6H2,1-2H3,(H2,16,17,18,19,20);1-4H2;2H,1H3,(H,3,4). The molecule has 1 saturated heterocycles. The van der Waals surface area contributed by atoms with Crippen LogP contribution < -0.4 is 10.6 Å². The van der Waals surface area contributed by atoms with Crippen molar-refractivity contribution in [2.45, 2.75) is 32.1 Å². The first-order valence-electron chi connectivity index (χ1n) is 10.3. The molecular formula is C19H29F2N9O3. The van der Waals surface area contributed by atoms with Gasteiger partial charge in [0.1, 0.15) is 5.52 Å². The molecule has 12 nitrogen and oxygen atoms in total. The molecule has 0 radical (unpaired) electrons. The second-order valence-electron chi connectivity index (χ2n) is 7.02. The molecule has 0 aromatic carbocycles. The molecule has 3 aromatic rings. The van der Waals surface area contributed by atoms with Gasteiger partial charge >= 0.3 is 0 Å². The van der Waals surface area contributed by atoms with Gasteiger partial charge in [0.2, 0.25) is 6.41 Å². The highest BCUT2D eigenvalue weighted by molar-refractivity contribution is 5.83. The molecule has 33 heavy (non-hydrogen) atoms. The molecular weight excluding hydrogens is 440 g/mol. The van der Waals surface area contributed by atoms with Crippen molar-refractivity contribution in [3.8, 4) is 5.95 Å². The number of amides is 1. The largest absolute Gasteiger partial charge is 0.384 e. The molecule has 3 N–H and O–H groups in total. The van der Waals surface area contributed by atoms with Gasteiger partial charge in [-0.05, 0) is 12.8 Å². The lowest BCUT2D eigenvalue weighted by atomic mass is 10.3. The minimum Gasteiger partial charge on any atom is -0.384 e. The van der Waals surface area contributed by atoms with Crippen molar-refractivity contribution < 1.29 is 23.0 Å². The van der Waals surface area contributed by atoms with Crippen LogP contribution in [0.2, 0.25) is 0 Å². The van der Waals surface area contributed by atoms with E-state index in [1.54, 1.807) is 20.4 Å². The summed E-state index contributed by atoms with van der Waals surface area (Å²) in [7, 11) is 3.16. The lowest BCUT2D eigenvalue weighted by Gasteiger charge is -2.12. The molecule has 0 atom stereocenters. The summed E-state index contributed by atoms with van der Waals surface area (Å²) in [5.74, 6) is -2.46. The summed E-state index contributed by atoms with van der Waals surface area (Å²) in [5, 5.41) is 12.8. The molecule has 3 aromatic heterocycles. The molecule has 0 aliphatic carbocycles. The number of hydrogen-bond acceptors (Lipinski definition) is 9. The number of alkyl halides is 2. The van der Waals surface area contributed by atoms with Crippen molar-refractivity contribution in [2.24, 2.45) is 0 Å². The van der Waals surface area contributed by atoms with Gasteiger partial charge in [0, 0.05) is 40.7 Å². The van der Waals surface area contributed by atoms with E-state index in [9.17, 15) is 8.78 Å². The Balaban J connectivity index is 0.000000359. The Kier molecular flexibility index (Phi) is 10.5. The van der Waals surface area contributed by atoms with E-state index >= 15 is 0 Å². The van der Waals surface area contributed by atoms with Crippen molar-refractivity contribution in [1.29, 1.82) is 0 Å². The predicted octanol–water partition coefficient (Wildman–Crippen LogP) is 1.35. The average Bonchev–Trinajstić information content (AvgIpc) is 3.58. The Bertz CT molecular complexity index is 963. The lowest BCUT2D eigenvalue weighted by molar-refractivity contribution is -0.109. The van der Waals surface area contributed by atoms with E-state index in [1.807, 2.05) is 0 Å². The van der Waals surface area contributed by atoms with Gasteiger partial charge in [-0.3, -0.25) is 4.79 Å². The zero-order valence-corrected chi connectivity index (χ0v) is 18.8. The summed E-state index contributed by atoms with van der Waals surface area (Å²) >= 11 is 0. The van der Waals surface area contributed by atoms with Crippen LogP contribution in [0, 0.1) is 0 Å². The number of anilines is 1. The van der Waals surface area contributed by atoms with Gasteiger partial charge in [0.05, 0.1) is 31.4 Å². The van der Waals surface area contributed by atoms with Crippen LogP contribution in [-0.4, -0.2) is 87.8 Å². The van der Waals surface area contributed by atoms with Gasteiger partial charge in [-0.15, -0.1) is 5.10 Å². The third-order valence-corrected chi connectivity index (χ3v) is 4.09. The average molecular weight is 469 g/mol. The molecule has 1 amide bonds. The normalized spacial score (nSPS) is 13.0. The number of methoxy groups -OCH3 is 1. The van der Waals surface area contributed by atoms with E-state index in [0.29, 0.717) is 36.3 Å². The SMILES string of the molecule is C1CCOC1.CNC=O.COCCc1cn(-c2nc(NCC(C)(F)F)c3[nH]cnc3n2)nn1. The number of hydrogen-bond donors (Lipinski definition) is 3. The van der Waals surface area contributed by atoms with Gasteiger partial charge in [0.25, 0.3) is 11.9 Å². The third-order valence-electron chi connectivity index (χ3n) is 4.09. The third kappa shape index (κ3) is 9.02. The van der Waals surface area contributed by atoms with Crippen LogP contribution in [0.1, 0.15) is 25.5 Å². The van der Waals surface area contributed by atoms with Crippen molar-refractivity contribution in [3.05, 3.63) is 18.2 Å². The number of nitrogens with one attached hydrogen (secondary N) is 3. The van der Waals surface area contributed by atoms with Crippen molar-refractivity contribution in [2.75, 3.05) is 45.8 Å². The van der Waals surface area contributed by atoms with E-state index in [4.69, 9.17) is 14.3 Å². The second kappa shape index (κ2) is 13.3. The monoisotopic (exact) mass is 469 g/mol. The first-order chi connectivity index (χ1) is 15.9. The number of H-pyrrole nitrogens is 1. The number of aromatic nitrogens is 7. The van der Waals surface area contributed by atoms with Crippen molar-refractivity contribution in [1.82, 2.24) is 40.2 Å². The van der Waals surface area contributed by atoms with Crippen molar-refractivity contribution >= 4 is 23.4 Å². The van der Waals surface area contributed by atoms with Crippen LogP contribution in [0.3, 0.4) is 0 Å². The minimum absolute atomic E-state index is 0.188. The van der Waals surface area contributed by atoms with Crippen LogP contribution >= 0.6 is 0 Å². The number of fused-ring (bicyclic) bond motifs is 1. The van der Waals surface area contributed by atoms with Gasteiger partial charge in [-0.2, -0.15) is 14.6 Å². The van der Waals surface area contributed by atoms with E-state index in [2.05, 4.69) is 40.9 Å². The molecule has 4 heterocycles. The Hall–Kier alpha value is -3.26. The summed E-state index contributed by atoms with van der Waals surface area (Å²) in [6.07, 6.45) is 6.85. The molecule has 4 rings (SSSR count). The molecule has 182 valence electrons. The number of carbonyl (C=O) groups excluding carboxylic acids is 1. The zero-order valence-electron chi connectivity index (χ0n) is 18.8. The maximum atomic E-state index is 13.1. The van der Waals surface area contributed by atoms with E-state index in [1.165, 1.54) is 23.9 Å². The van der Waals surface area contributed by atoms with Crippen LogP contribution in [0.5, 0.6) is 0 Å². The van der Waals surface area contributed by atoms with Gasteiger partial charge in [0.15, 0.2) is 11.5 Å². The van der Waals surface area contributed by atoms with Gasteiger partial charge in [-0.1, -0.05) is 5.21 Å². The summed E-state index contributed by atoms with van der Waals surface area (Å²) in [5.41, 5.74) is 1.50. The van der Waals surface area contributed by atoms with E-state index in [0.717, 1.165) is 20.1 Å². The fourth-order valence-electron chi connectivity index (χ4n) is 2.52. The zero-order chi connectivity index (χ0) is 24.1. The van der Waals surface area contributed by atoms with Gasteiger partial charge < -0.3 is 25.1 Å². The number of halogens is 2. The lowest BCUT2D eigenvalue weighted by Crippen LogP contribution is -2.23. The fraction of sp³-hybridized carbons (Fsp3) is 0.579. The summed E-state index contributed by atoms with van der Waals surface area (Å²) < 4.78 is 37.5. The molecule has 0 spiro atoms. The molecule has 1 fully saturated rings. The maximum Gasteiger partial charge on any atom is 0.262 e. The topological polar surface area (TPSA) is 145 Å². The predicted molar refractivity (Wildman–Crippen MR) is 116 cm³/mol. The van der Waals surface area contributed by atoms with Crippen LogP contribution in [-0.2, 0) is 20.7 Å². The Morgan fingerprint density at radius 2 is 2.06 bits per heavy atom. The van der Waals surface area contributed by atoms with Crippen LogP contribution in [0.25, 0.3) is 17.1 Å². The molecule has 14 heteroatoms. The summed E-state index contributed by atoms with van der Waals surface area (Å²) in [6, 6.07) is 0. The maximum absolute atomic E-state index is 13.1. The summed E-state index contributed by atoms with van der Waals surface area (Å²) in [6.45, 7) is 2.77. The van der Waals surface area contributed by atoms with Crippen LogP contribution in [0.4, 0.5) is 14.6 Å². The highest BCUT2D eigenvalue weighted by atomic mass is 19.3. The fourth-order valence-corrected chi connectivity index (χ4v) is 2.52. The highest BCUT2D eigenvalue weighted by Gasteiger charge is 2.22. The highest BCUT2D eigenvalue weighted by Crippen LogP contribution is 2.20. The van der Waals surface area contributed by atoms with Crippen LogP contribution in [0.15, 0.2) is 12.5 Å². The Labute approximate surface area is 189 Å². The molecule has 1 aliphatic rings. The molecule has 0 unspecified atom stereocenters. The number of aromatic amines is 1. The number of ether oxygens (including phenoxy) is 2. The number of nitrogens with zero attached hydrogens (tertiary/aromatic N) is 6. The van der Waals surface area contributed by atoms with Crippen molar-refractivity contribution in [3.63, 3.8) is 0 Å². The first kappa shape index (κ1) is 26.0. The quantitative estimate of drug-likeness (QED) is 0.416. The number of carbonyl (C=O) groups is 1.